The van der Waals surface area contributed by atoms with Crippen molar-refractivity contribution in [3.8, 4) is 5.69 Å². The SMILES string of the molecule is Cc1ccccc1CNC(=O)CN(c1c(C)n(C)n(-c2ccccc2)c1=O)S(=O)(=O)c1ccccc1. The Bertz CT molecular complexity index is 1540. The van der Waals surface area contributed by atoms with Crippen LogP contribution in [0.5, 0.6) is 0 Å². The maximum atomic E-state index is 13.7. The first kappa shape index (κ1) is 25.0. The van der Waals surface area contributed by atoms with Gasteiger partial charge in [0, 0.05) is 13.6 Å². The van der Waals surface area contributed by atoms with Gasteiger partial charge in [-0.15, -0.1) is 0 Å². The summed E-state index contributed by atoms with van der Waals surface area (Å²) in [4.78, 5) is 26.7. The Kier molecular flexibility index (Phi) is 7.12. The van der Waals surface area contributed by atoms with Crippen LogP contribution < -0.4 is 15.2 Å². The van der Waals surface area contributed by atoms with E-state index in [0.717, 1.165) is 15.4 Å². The van der Waals surface area contributed by atoms with Gasteiger partial charge in [-0.05, 0) is 49.2 Å². The number of amides is 1. The van der Waals surface area contributed by atoms with E-state index in [9.17, 15) is 18.0 Å². The van der Waals surface area contributed by atoms with E-state index in [-0.39, 0.29) is 17.1 Å². The summed E-state index contributed by atoms with van der Waals surface area (Å²) < 4.78 is 31.4. The van der Waals surface area contributed by atoms with Gasteiger partial charge in [-0.25, -0.2) is 17.4 Å². The Morgan fingerprint density at radius 2 is 1.47 bits per heavy atom. The molecule has 0 unspecified atom stereocenters. The predicted octanol–water partition coefficient (Wildman–Crippen LogP) is 3.30. The van der Waals surface area contributed by atoms with Crippen LogP contribution in [0.1, 0.15) is 16.8 Å². The molecule has 8 nitrogen and oxygen atoms in total. The number of carbonyl (C=O) groups is 1. The van der Waals surface area contributed by atoms with E-state index in [1.807, 2.05) is 37.3 Å². The number of aryl methyl sites for hydroxylation is 1. The predicted molar refractivity (Wildman–Crippen MR) is 140 cm³/mol. The summed E-state index contributed by atoms with van der Waals surface area (Å²) in [5.41, 5.74) is 2.32. The molecular formula is C27H28N4O4S. The summed E-state index contributed by atoms with van der Waals surface area (Å²) in [5.74, 6) is -0.522. The zero-order chi connectivity index (χ0) is 25.9. The smallest absolute Gasteiger partial charge is 0.296 e. The molecule has 1 heterocycles. The van der Waals surface area contributed by atoms with E-state index in [0.29, 0.717) is 11.4 Å². The fourth-order valence-corrected chi connectivity index (χ4v) is 5.53. The Hall–Kier alpha value is -4.11. The maximum Gasteiger partial charge on any atom is 0.296 e. The Morgan fingerprint density at radius 1 is 0.889 bits per heavy atom. The second-order valence-corrected chi connectivity index (χ2v) is 10.3. The molecule has 0 aliphatic heterocycles. The highest BCUT2D eigenvalue weighted by molar-refractivity contribution is 7.92. The molecule has 0 bridgehead atoms. The van der Waals surface area contributed by atoms with E-state index in [4.69, 9.17) is 0 Å². The number of benzene rings is 3. The van der Waals surface area contributed by atoms with Crippen molar-refractivity contribution in [3.05, 3.63) is 112 Å². The molecule has 1 amide bonds. The molecule has 3 aromatic carbocycles. The van der Waals surface area contributed by atoms with Crippen molar-refractivity contribution in [1.82, 2.24) is 14.7 Å². The van der Waals surface area contributed by atoms with Gasteiger partial charge in [0.2, 0.25) is 5.91 Å². The van der Waals surface area contributed by atoms with Gasteiger partial charge in [0.25, 0.3) is 15.6 Å². The molecule has 0 aliphatic rings. The minimum Gasteiger partial charge on any atom is -0.350 e. The molecule has 0 radical (unpaired) electrons. The zero-order valence-electron chi connectivity index (χ0n) is 20.4. The first-order valence-electron chi connectivity index (χ1n) is 11.4. The molecule has 0 aliphatic carbocycles. The number of para-hydroxylation sites is 1. The average molecular weight is 505 g/mol. The average Bonchev–Trinajstić information content (AvgIpc) is 3.10. The fraction of sp³-hybridized carbons (Fsp3) is 0.185. The van der Waals surface area contributed by atoms with Gasteiger partial charge in [-0.1, -0.05) is 60.7 Å². The Labute approximate surface area is 210 Å². The highest BCUT2D eigenvalue weighted by Crippen LogP contribution is 2.25. The van der Waals surface area contributed by atoms with Crippen molar-refractivity contribution in [2.24, 2.45) is 7.05 Å². The molecule has 0 spiro atoms. The first-order valence-corrected chi connectivity index (χ1v) is 12.9. The monoisotopic (exact) mass is 504 g/mol. The third kappa shape index (κ3) is 4.83. The topological polar surface area (TPSA) is 93.4 Å². The quantitative estimate of drug-likeness (QED) is 0.398. The van der Waals surface area contributed by atoms with Crippen LogP contribution in [-0.2, 0) is 28.4 Å². The summed E-state index contributed by atoms with van der Waals surface area (Å²) in [6.45, 7) is 3.30. The number of nitrogens with one attached hydrogen (secondary N) is 1. The number of aromatic nitrogens is 2. The summed E-state index contributed by atoms with van der Waals surface area (Å²) >= 11 is 0. The van der Waals surface area contributed by atoms with Gasteiger partial charge < -0.3 is 5.32 Å². The number of anilines is 1. The van der Waals surface area contributed by atoms with Crippen LogP contribution in [0, 0.1) is 13.8 Å². The summed E-state index contributed by atoms with van der Waals surface area (Å²) in [6, 6.07) is 24.3. The van der Waals surface area contributed by atoms with Gasteiger partial charge >= 0.3 is 0 Å². The van der Waals surface area contributed by atoms with Crippen molar-refractivity contribution < 1.29 is 13.2 Å². The van der Waals surface area contributed by atoms with Crippen LogP contribution in [0.2, 0.25) is 0 Å². The molecule has 36 heavy (non-hydrogen) atoms. The van der Waals surface area contributed by atoms with Crippen molar-refractivity contribution >= 4 is 21.6 Å². The Morgan fingerprint density at radius 3 is 2.11 bits per heavy atom. The largest absolute Gasteiger partial charge is 0.350 e. The lowest BCUT2D eigenvalue weighted by molar-refractivity contribution is -0.119. The standard InChI is InChI=1S/C27H28N4O4S/c1-20-12-10-11-13-22(20)18-28-25(32)19-30(36(34,35)24-16-8-5-9-17-24)26-21(2)29(3)31(27(26)33)23-14-6-4-7-15-23/h4-17H,18-19H2,1-3H3,(H,28,32). The second kappa shape index (κ2) is 10.2. The minimum absolute atomic E-state index is 0.00869. The lowest BCUT2D eigenvalue weighted by Crippen LogP contribution is -2.43. The van der Waals surface area contributed by atoms with Crippen LogP contribution in [0.4, 0.5) is 5.69 Å². The molecule has 1 N–H and O–H groups in total. The lowest BCUT2D eigenvalue weighted by Gasteiger charge is -2.23. The van der Waals surface area contributed by atoms with Gasteiger partial charge in [-0.2, -0.15) is 0 Å². The number of hydrogen-bond donors (Lipinski definition) is 1. The summed E-state index contributed by atoms with van der Waals surface area (Å²) in [6.07, 6.45) is 0. The molecule has 4 rings (SSSR count). The lowest BCUT2D eigenvalue weighted by atomic mass is 10.1. The normalized spacial score (nSPS) is 11.3. The van der Waals surface area contributed by atoms with Crippen LogP contribution in [0.15, 0.2) is 94.6 Å². The molecule has 186 valence electrons. The van der Waals surface area contributed by atoms with E-state index in [1.54, 1.807) is 61.1 Å². The number of sulfonamides is 1. The fourth-order valence-electron chi connectivity index (χ4n) is 4.03. The van der Waals surface area contributed by atoms with Crippen LogP contribution in [0.25, 0.3) is 5.69 Å². The van der Waals surface area contributed by atoms with Crippen molar-refractivity contribution in [1.29, 1.82) is 0 Å². The van der Waals surface area contributed by atoms with E-state index in [2.05, 4.69) is 5.32 Å². The van der Waals surface area contributed by atoms with E-state index < -0.39 is 28.0 Å². The van der Waals surface area contributed by atoms with Crippen LogP contribution in [0.3, 0.4) is 0 Å². The van der Waals surface area contributed by atoms with Gasteiger partial charge in [0.15, 0.2) is 0 Å². The van der Waals surface area contributed by atoms with Gasteiger partial charge in [0.1, 0.15) is 12.2 Å². The third-order valence-electron chi connectivity index (χ3n) is 6.13. The number of carbonyl (C=O) groups excluding carboxylic acids is 1. The second-order valence-electron chi connectivity index (χ2n) is 8.44. The number of rotatable bonds is 8. The third-order valence-corrected chi connectivity index (χ3v) is 7.89. The van der Waals surface area contributed by atoms with E-state index in [1.165, 1.54) is 16.8 Å². The van der Waals surface area contributed by atoms with Gasteiger partial charge in [-0.3, -0.25) is 14.3 Å². The summed E-state index contributed by atoms with van der Waals surface area (Å²) in [5, 5.41) is 2.79. The van der Waals surface area contributed by atoms with Gasteiger partial charge in [0.05, 0.1) is 16.3 Å². The first-order chi connectivity index (χ1) is 17.2. The molecule has 4 aromatic rings. The molecule has 0 saturated heterocycles. The van der Waals surface area contributed by atoms with Crippen LogP contribution in [-0.4, -0.2) is 30.2 Å². The van der Waals surface area contributed by atoms with Crippen LogP contribution >= 0.6 is 0 Å². The molecule has 0 atom stereocenters. The number of hydrogen-bond acceptors (Lipinski definition) is 4. The molecule has 9 heteroatoms. The highest BCUT2D eigenvalue weighted by atomic mass is 32.2. The van der Waals surface area contributed by atoms with Crippen molar-refractivity contribution in [2.45, 2.75) is 25.3 Å². The van der Waals surface area contributed by atoms with E-state index >= 15 is 0 Å². The van der Waals surface area contributed by atoms with Crippen molar-refractivity contribution in [2.75, 3.05) is 10.8 Å². The molecular weight excluding hydrogens is 476 g/mol. The maximum absolute atomic E-state index is 13.7. The Balaban J connectivity index is 1.77. The molecule has 1 aromatic heterocycles. The highest BCUT2D eigenvalue weighted by Gasteiger charge is 2.33. The van der Waals surface area contributed by atoms with Crippen molar-refractivity contribution in [3.63, 3.8) is 0 Å². The number of nitrogens with zero attached hydrogens (tertiary/aromatic N) is 3. The molecule has 0 fully saturated rings. The summed E-state index contributed by atoms with van der Waals surface area (Å²) in [7, 11) is -2.55. The minimum atomic E-state index is -4.23. The zero-order valence-corrected chi connectivity index (χ0v) is 21.2. The molecule has 0 saturated carbocycles.